The molecular formula is C15H32O3. The fourth-order valence-electron chi connectivity index (χ4n) is 1.16. The van der Waals surface area contributed by atoms with Gasteiger partial charge in [0, 0.05) is 20.1 Å². The number of esters is 1. The quantitative estimate of drug-likeness (QED) is 0.433. The van der Waals surface area contributed by atoms with Gasteiger partial charge < -0.3 is 9.47 Å². The van der Waals surface area contributed by atoms with Crippen LogP contribution >= 0.6 is 0 Å². The van der Waals surface area contributed by atoms with Crippen LogP contribution in [0.4, 0.5) is 0 Å². The minimum absolute atomic E-state index is 0.175. The molecule has 0 heterocycles. The zero-order chi connectivity index (χ0) is 14.1. The number of rotatable bonds is 10. The maximum Gasteiger partial charge on any atom is 0.302 e. The Kier molecular flexibility index (Phi) is 20.6. The Bertz CT molecular complexity index is 152. The van der Waals surface area contributed by atoms with Gasteiger partial charge in [-0.3, -0.25) is 4.79 Å². The fourth-order valence-corrected chi connectivity index (χ4v) is 1.16. The summed E-state index contributed by atoms with van der Waals surface area (Å²) in [7, 11) is 0. The predicted octanol–water partition coefficient (Wildman–Crippen LogP) is 4.34. The lowest BCUT2D eigenvalue weighted by molar-refractivity contribution is -0.141. The van der Waals surface area contributed by atoms with Gasteiger partial charge in [-0.15, -0.1) is 0 Å². The molecule has 0 saturated heterocycles. The molecule has 0 saturated carbocycles. The molecule has 0 aliphatic carbocycles. The van der Waals surface area contributed by atoms with Gasteiger partial charge in [0.2, 0.25) is 0 Å². The van der Waals surface area contributed by atoms with Crippen molar-refractivity contribution in [3.8, 4) is 0 Å². The van der Waals surface area contributed by atoms with Gasteiger partial charge in [-0.25, -0.2) is 0 Å². The lowest BCUT2D eigenvalue weighted by Crippen LogP contribution is -1.99. The molecule has 0 aromatic rings. The zero-order valence-corrected chi connectivity index (χ0v) is 12.8. The number of hydrogen-bond donors (Lipinski definition) is 0. The summed E-state index contributed by atoms with van der Waals surface area (Å²) in [6.45, 7) is 10.4. The highest BCUT2D eigenvalue weighted by atomic mass is 16.5. The third kappa shape index (κ3) is 24.6. The second-order valence-corrected chi connectivity index (χ2v) is 4.37. The van der Waals surface area contributed by atoms with Crippen molar-refractivity contribution in [2.45, 2.75) is 72.6 Å². The normalized spacial score (nSPS) is 9.56. The molecule has 0 unspecified atom stereocenters. The predicted molar refractivity (Wildman–Crippen MR) is 76.8 cm³/mol. The summed E-state index contributed by atoms with van der Waals surface area (Å²) in [5.74, 6) is -0.175. The SMILES string of the molecule is CCCCCOC(C)=O.CCCCOCCCC. The number of hydrogen-bond acceptors (Lipinski definition) is 3. The summed E-state index contributed by atoms with van der Waals surface area (Å²) in [5, 5.41) is 0. The molecule has 0 fully saturated rings. The molecule has 3 heteroatoms. The summed E-state index contributed by atoms with van der Waals surface area (Å²) in [4.78, 5) is 10.2. The van der Waals surface area contributed by atoms with E-state index in [1.165, 1.54) is 39.0 Å². The summed E-state index contributed by atoms with van der Waals surface area (Å²) >= 11 is 0. The van der Waals surface area contributed by atoms with Gasteiger partial charge in [-0.05, 0) is 19.3 Å². The molecule has 0 aliphatic heterocycles. The summed E-state index contributed by atoms with van der Waals surface area (Å²) in [6.07, 6.45) is 8.22. The van der Waals surface area contributed by atoms with E-state index in [4.69, 9.17) is 9.47 Å². The zero-order valence-electron chi connectivity index (χ0n) is 12.8. The number of ether oxygens (including phenoxy) is 2. The van der Waals surface area contributed by atoms with Crippen LogP contribution in [0.2, 0.25) is 0 Å². The van der Waals surface area contributed by atoms with Gasteiger partial charge >= 0.3 is 5.97 Å². The van der Waals surface area contributed by atoms with Crippen LogP contribution in [0.15, 0.2) is 0 Å². The number of unbranched alkanes of at least 4 members (excludes halogenated alkanes) is 4. The van der Waals surface area contributed by atoms with Crippen molar-refractivity contribution >= 4 is 5.97 Å². The molecule has 0 amide bonds. The highest BCUT2D eigenvalue weighted by Gasteiger charge is 1.89. The van der Waals surface area contributed by atoms with Gasteiger partial charge in [0.1, 0.15) is 0 Å². The third-order valence-corrected chi connectivity index (χ3v) is 2.34. The van der Waals surface area contributed by atoms with Crippen molar-refractivity contribution < 1.29 is 14.3 Å². The minimum atomic E-state index is -0.175. The van der Waals surface area contributed by atoms with E-state index in [1.54, 1.807) is 0 Å². The topological polar surface area (TPSA) is 35.5 Å². The van der Waals surface area contributed by atoms with Crippen molar-refractivity contribution in [1.82, 2.24) is 0 Å². The molecule has 0 rings (SSSR count). The maximum absolute atomic E-state index is 10.2. The van der Waals surface area contributed by atoms with Gasteiger partial charge in [0.25, 0.3) is 0 Å². The molecule has 0 bridgehead atoms. The van der Waals surface area contributed by atoms with E-state index in [0.29, 0.717) is 6.61 Å². The van der Waals surface area contributed by atoms with Gasteiger partial charge in [-0.1, -0.05) is 46.5 Å². The highest BCUT2D eigenvalue weighted by molar-refractivity contribution is 5.65. The van der Waals surface area contributed by atoms with Gasteiger partial charge in [0.15, 0.2) is 0 Å². The first-order valence-corrected chi connectivity index (χ1v) is 7.40. The molecule has 18 heavy (non-hydrogen) atoms. The van der Waals surface area contributed by atoms with Crippen molar-refractivity contribution in [3.63, 3.8) is 0 Å². The highest BCUT2D eigenvalue weighted by Crippen LogP contribution is 1.93. The Hall–Kier alpha value is -0.570. The molecule has 3 nitrogen and oxygen atoms in total. The monoisotopic (exact) mass is 260 g/mol. The van der Waals surface area contributed by atoms with Crippen LogP contribution < -0.4 is 0 Å². The van der Waals surface area contributed by atoms with Crippen molar-refractivity contribution in [3.05, 3.63) is 0 Å². The lowest BCUT2D eigenvalue weighted by Gasteiger charge is -1.99. The van der Waals surface area contributed by atoms with E-state index in [1.807, 2.05) is 0 Å². The van der Waals surface area contributed by atoms with E-state index in [-0.39, 0.29) is 5.97 Å². The molecule has 0 aliphatic rings. The van der Waals surface area contributed by atoms with Crippen LogP contribution in [0.1, 0.15) is 72.6 Å². The largest absolute Gasteiger partial charge is 0.466 e. The van der Waals surface area contributed by atoms with E-state index in [9.17, 15) is 4.79 Å². The Balaban J connectivity index is 0. The lowest BCUT2D eigenvalue weighted by atomic mass is 10.3. The molecule has 0 spiro atoms. The van der Waals surface area contributed by atoms with Crippen LogP contribution in [-0.2, 0) is 14.3 Å². The Morgan fingerprint density at radius 2 is 1.28 bits per heavy atom. The number of carbonyl (C=O) groups is 1. The van der Waals surface area contributed by atoms with Gasteiger partial charge in [-0.2, -0.15) is 0 Å². The average Bonchev–Trinajstić information content (AvgIpc) is 2.35. The van der Waals surface area contributed by atoms with Crippen LogP contribution in [0.3, 0.4) is 0 Å². The van der Waals surface area contributed by atoms with Crippen molar-refractivity contribution in [2.24, 2.45) is 0 Å². The maximum atomic E-state index is 10.2. The molecule has 0 radical (unpaired) electrons. The molecule has 110 valence electrons. The minimum Gasteiger partial charge on any atom is -0.466 e. The van der Waals surface area contributed by atoms with Crippen molar-refractivity contribution in [2.75, 3.05) is 19.8 Å². The van der Waals surface area contributed by atoms with Crippen LogP contribution in [0.5, 0.6) is 0 Å². The van der Waals surface area contributed by atoms with E-state index < -0.39 is 0 Å². The fraction of sp³-hybridized carbons (Fsp3) is 0.933. The Morgan fingerprint density at radius 3 is 1.67 bits per heavy atom. The van der Waals surface area contributed by atoms with E-state index in [0.717, 1.165) is 26.1 Å². The standard InChI is InChI=1S/C8H18O.C7H14O2/c1-3-5-7-9-8-6-4-2;1-3-4-5-6-9-7(2)8/h3-8H2,1-2H3;3-6H2,1-2H3. The summed E-state index contributed by atoms with van der Waals surface area (Å²) < 4.78 is 10.0. The molecule has 0 aromatic heterocycles. The van der Waals surface area contributed by atoms with Crippen LogP contribution in [0.25, 0.3) is 0 Å². The molecule has 0 atom stereocenters. The second-order valence-electron chi connectivity index (χ2n) is 4.37. The van der Waals surface area contributed by atoms with Crippen LogP contribution in [0, 0.1) is 0 Å². The summed E-state index contributed by atoms with van der Waals surface area (Å²) in [6, 6.07) is 0. The number of carbonyl (C=O) groups excluding carboxylic acids is 1. The third-order valence-electron chi connectivity index (χ3n) is 2.34. The average molecular weight is 260 g/mol. The smallest absolute Gasteiger partial charge is 0.302 e. The summed E-state index contributed by atoms with van der Waals surface area (Å²) in [5.41, 5.74) is 0. The van der Waals surface area contributed by atoms with Crippen molar-refractivity contribution in [1.29, 1.82) is 0 Å². The molecular weight excluding hydrogens is 228 g/mol. The molecule has 0 N–H and O–H groups in total. The van der Waals surface area contributed by atoms with Crippen LogP contribution in [-0.4, -0.2) is 25.8 Å². The molecule has 0 aromatic carbocycles. The first-order chi connectivity index (χ1) is 8.68. The van der Waals surface area contributed by atoms with E-state index >= 15 is 0 Å². The first kappa shape index (κ1) is 19.8. The Labute approximate surface area is 113 Å². The first-order valence-electron chi connectivity index (χ1n) is 7.40. The van der Waals surface area contributed by atoms with Gasteiger partial charge in [0.05, 0.1) is 6.61 Å². The second kappa shape index (κ2) is 18.8. The Morgan fingerprint density at radius 1 is 0.778 bits per heavy atom. The van der Waals surface area contributed by atoms with E-state index in [2.05, 4.69) is 20.8 Å².